The molecular weight excluding hydrogens is 266 g/mol. The highest BCUT2D eigenvalue weighted by Gasteiger charge is 2.39. The van der Waals surface area contributed by atoms with Gasteiger partial charge in [0.25, 0.3) is 5.91 Å². The summed E-state index contributed by atoms with van der Waals surface area (Å²) in [6.07, 6.45) is 0.198. The summed E-state index contributed by atoms with van der Waals surface area (Å²) in [5, 5.41) is 18.7. The Labute approximate surface area is 115 Å². The van der Waals surface area contributed by atoms with Crippen LogP contribution in [0.4, 0.5) is 0 Å². The number of carbonyl (C=O) groups is 2. The number of aliphatic carboxylic acids is 1. The van der Waals surface area contributed by atoms with Crippen molar-refractivity contribution in [1.82, 2.24) is 4.90 Å². The highest BCUT2D eigenvalue weighted by molar-refractivity contribution is 7.14. The number of likely N-dealkylation sites (tertiary alicyclic amines) is 1. The number of nitrogens with zero attached hydrogens (tertiary/aromatic N) is 1. The zero-order chi connectivity index (χ0) is 14.2. The molecule has 1 aromatic heterocycles. The van der Waals surface area contributed by atoms with Crippen molar-refractivity contribution < 1.29 is 19.8 Å². The van der Waals surface area contributed by atoms with Crippen LogP contribution in [0.5, 0.6) is 0 Å². The van der Waals surface area contributed by atoms with E-state index in [4.69, 9.17) is 5.11 Å². The predicted octanol–water partition coefficient (Wildman–Crippen LogP) is 1.28. The molecule has 1 saturated heterocycles. The van der Waals surface area contributed by atoms with Crippen molar-refractivity contribution in [1.29, 1.82) is 0 Å². The van der Waals surface area contributed by atoms with Gasteiger partial charge in [-0.05, 0) is 25.0 Å². The van der Waals surface area contributed by atoms with Gasteiger partial charge >= 0.3 is 5.97 Å². The van der Waals surface area contributed by atoms with Gasteiger partial charge in [0.05, 0.1) is 11.0 Å². The van der Waals surface area contributed by atoms with E-state index in [0.29, 0.717) is 4.88 Å². The summed E-state index contributed by atoms with van der Waals surface area (Å²) in [6, 6.07) is 0.904. The molecule has 104 valence electrons. The van der Waals surface area contributed by atoms with Crippen LogP contribution in [-0.2, 0) is 11.2 Å². The summed E-state index contributed by atoms with van der Waals surface area (Å²) < 4.78 is 0. The van der Waals surface area contributed by atoms with Crippen molar-refractivity contribution in [2.24, 2.45) is 0 Å². The van der Waals surface area contributed by atoms with Gasteiger partial charge in [-0.3, -0.25) is 4.79 Å². The van der Waals surface area contributed by atoms with Crippen molar-refractivity contribution >= 4 is 23.2 Å². The molecule has 1 fully saturated rings. The predicted molar refractivity (Wildman–Crippen MR) is 71.5 cm³/mol. The molecule has 1 aliphatic rings. The number of amides is 1. The minimum atomic E-state index is -1.06. The van der Waals surface area contributed by atoms with Gasteiger partial charge in [-0.1, -0.05) is 6.92 Å². The summed E-state index contributed by atoms with van der Waals surface area (Å²) >= 11 is 1.38. The van der Waals surface area contributed by atoms with Crippen LogP contribution in [0.15, 0.2) is 6.07 Å². The Morgan fingerprint density at radius 3 is 2.74 bits per heavy atom. The minimum Gasteiger partial charge on any atom is -0.480 e. The van der Waals surface area contributed by atoms with Gasteiger partial charge < -0.3 is 15.1 Å². The molecule has 0 spiro atoms. The lowest BCUT2D eigenvalue weighted by molar-refractivity contribution is -0.141. The number of aliphatic hydroxyl groups excluding tert-OH is 1. The Morgan fingerprint density at radius 2 is 2.21 bits per heavy atom. The number of aryl methyl sites for hydroxylation is 2. The second kappa shape index (κ2) is 5.30. The van der Waals surface area contributed by atoms with Crippen LogP contribution in [0.1, 0.15) is 33.5 Å². The molecule has 1 amide bonds. The topological polar surface area (TPSA) is 77.8 Å². The molecule has 0 aromatic carbocycles. The molecule has 19 heavy (non-hydrogen) atoms. The standard InChI is InChI=1S/C13H17NO4S/c1-3-8-4-11(19-7(8)2)12(16)14-6-9(15)5-10(14)13(17)18/h4,9-10,15H,3,5-6H2,1-2H3,(H,17,18)/t9-,10+/m1/s1. The molecule has 2 heterocycles. The SMILES string of the molecule is CCc1cc(C(=O)N2C[C@H](O)C[C@H]2C(=O)O)sc1C. The van der Waals surface area contributed by atoms with Crippen LogP contribution in [0.2, 0.25) is 0 Å². The average molecular weight is 283 g/mol. The zero-order valence-corrected chi connectivity index (χ0v) is 11.7. The Balaban J connectivity index is 2.25. The monoisotopic (exact) mass is 283 g/mol. The minimum absolute atomic E-state index is 0.0915. The summed E-state index contributed by atoms with van der Waals surface area (Å²) in [5.74, 6) is -1.36. The molecule has 1 aromatic rings. The fourth-order valence-corrected chi connectivity index (χ4v) is 3.46. The molecule has 0 aliphatic carbocycles. The number of carboxylic acids is 1. The maximum Gasteiger partial charge on any atom is 0.326 e. The summed E-state index contributed by atoms with van der Waals surface area (Å²) in [5.41, 5.74) is 1.11. The van der Waals surface area contributed by atoms with Gasteiger partial charge in [0.2, 0.25) is 0 Å². The second-order valence-corrected chi connectivity index (χ2v) is 6.00. The van der Waals surface area contributed by atoms with Crippen LogP contribution in [-0.4, -0.2) is 45.7 Å². The third-order valence-electron chi connectivity index (χ3n) is 3.44. The van der Waals surface area contributed by atoms with E-state index < -0.39 is 18.1 Å². The molecule has 5 nitrogen and oxygen atoms in total. The molecule has 0 unspecified atom stereocenters. The maximum atomic E-state index is 12.4. The van der Waals surface area contributed by atoms with E-state index in [9.17, 15) is 14.7 Å². The van der Waals surface area contributed by atoms with Gasteiger partial charge in [-0.25, -0.2) is 4.79 Å². The number of β-amino-alcohol motifs (C(OH)–C–C–N with tert-alkyl or cyclic N) is 1. The van der Waals surface area contributed by atoms with Gasteiger partial charge in [0, 0.05) is 17.8 Å². The third kappa shape index (κ3) is 2.64. The highest BCUT2D eigenvalue weighted by Crippen LogP contribution is 2.27. The van der Waals surface area contributed by atoms with E-state index in [-0.39, 0.29) is 18.9 Å². The lowest BCUT2D eigenvalue weighted by Gasteiger charge is -2.20. The van der Waals surface area contributed by atoms with Crippen molar-refractivity contribution in [2.45, 2.75) is 38.8 Å². The van der Waals surface area contributed by atoms with Crippen molar-refractivity contribution in [3.8, 4) is 0 Å². The normalized spacial score (nSPS) is 22.8. The number of carbonyl (C=O) groups excluding carboxylic acids is 1. The summed E-state index contributed by atoms with van der Waals surface area (Å²) in [6.45, 7) is 4.06. The quantitative estimate of drug-likeness (QED) is 0.876. The molecule has 0 radical (unpaired) electrons. The van der Waals surface area contributed by atoms with Crippen LogP contribution in [0, 0.1) is 6.92 Å². The highest BCUT2D eigenvalue weighted by atomic mass is 32.1. The summed E-state index contributed by atoms with van der Waals surface area (Å²) in [4.78, 5) is 26.4. The van der Waals surface area contributed by atoms with Crippen LogP contribution in [0.3, 0.4) is 0 Å². The van der Waals surface area contributed by atoms with Crippen LogP contribution < -0.4 is 0 Å². The number of carboxylic acid groups (broad SMARTS) is 1. The van der Waals surface area contributed by atoms with E-state index >= 15 is 0 Å². The lowest BCUT2D eigenvalue weighted by atomic mass is 10.2. The Bertz CT molecular complexity index is 511. The number of rotatable bonds is 3. The van der Waals surface area contributed by atoms with Crippen molar-refractivity contribution in [3.05, 3.63) is 21.4 Å². The van der Waals surface area contributed by atoms with E-state index in [1.807, 2.05) is 19.9 Å². The molecule has 6 heteroatoms. The molecule has 0 saturated carbocycles. The Hall–Kier alpha value is -1.40. The lowest BCUT2D eigenvalue weighted by Crippen LogP contribution is -2.40. The van der Waals surface area contributed by atoms with E-state index in [2.05, 4.69) is 0 Å². The van der Waals surface area contributed by atoms with Crippen molar-refractivity contribution in [3.63, 3.8) is 0 Å². The molecular formula is C13H17NO4S. The van der Waals surface area contributed by atoms with Gasteiger partial charge in [-0.15, -0.1) is 11.3 Å². The molecule has 2 N–H and O–H groups in total. The smallest absolute Gasteiger partial charge is 0.326 e. The molecule has 0 bridgehead atoms. The fraction of sp³-hybridized carbons (Fsp3) is 0.538. The molecule has 1 aliphatic heterocycles. The maximum absolute atomic E-state index is 12.4. The number of thiophene rings is 1. The average Bonchev–Trinajstić information content (AvgIpc) is 2.91. The largest absolute Gasteiger partial charge is 0.480 e. The van der Waals surface area contributed by atoms with Crippen LogP contribution >= 0.6 is 11.3 Å². The number of hydrogen-bond donors (Lipinski definition) is 2. The Morgan fingerprint density at radius 1 is 1.53 bits per heavy atom. The number of aliphatic hydroxyl groups is 1. The van der Waals surface area contributed by atoms with Gasteiger partial charge in [0.15, 0.2) is 0 Å². The first-order valence-electron chi connectivity index (χ1n) is 6.25. The first-order chi connectivity index (χ1) is 8.93. The summed E-state index contributed by atoms with van der Waals surface area (Å²) in [7, 11) is 0. The van der Waals surface area contributed by atoms with Crippen molar-refractivity contribution in [2.75, 3.05) is 6.54 Å². The van der Waals surface area contributed by atoms with E-state index in [0.717, 1.165) is 16.9 Å². The first-order valence-corrected chi connectivity index (χ1v) is 7.06. The molecule has 2 atom stereocenters. The zero-order valence-electron chi connectivity index (χ0n) is 10.9. The number of hydrogen-bond acceptors (Lipinski definition) is 4. The van der Waals surface area contributed by atoms with Gasteiger partial charge in [0.1, 0.15) is 6.04 Å². The fourth-order valence-electron chi connectivity index (χ4n) is 2.39. The Kier molecular flexibility index (Phi) is 3.91. The van der Waals surface area contributed by atoms with Gasteiger partial charge in [-0.2, -0.15) is 0 Å². The second-order valence-electron chi connectivity index (χ2n) is 4.75. The van der Waals surface area contributed by atoms with E-state index in [1.165, 1.54) is 16.2 Å². The molecule has 2 rings (SSSR count). The third-order valence-corrected chi connectivity index (χ3v) is 4.52. The van der Waals surface area contributed by atoms with E-state index in [1.54, 1.807) is 0 Å². The van der Waals surface area contributed by atoms with Crippen LogP contribution in [0.25, 0.3) is 0 Å². The first kappa shape index (κ1) is 14.0.